The molecule has 3 N–H and O–H groups in total. The number of pyridine rings is 1. The topological polar surface area (TPSA) is 77.2 Å². The van der Waals surface area contributed by atoms with Gasteiger partial charge in [0.1, 0.15) is 10.8 Å². The number of halogens is 1. The summed E-state index contributed by atoms with van der Waals surface area (Å²) in [4.78, 5) is 15.2. The van der Waals surface area contributed by atoms with Gasteiger partial charge in [-0.25, -0.2) is 9.78 Å². The number of aromatic nitrogens is 1. The maximum atomic E-state index is 11.4. The van der Waals surface area contributed by atoms with Crippen LogP contribution in [0.25, 0.3) is 0 Å². The van der Waals surface area contributed by atoms with Crippen molar-refractivity contribution in [1.29, 1.82) is 0 Å². The van der Waals surface area contributed by atoms with E-state index in [4.69, 9.17) is 22.1 Å². The predicted molar refractivity (Wildman–Crippen MR) is 63.5 cm³/mol. The van der Waals surface area contributed by atoms with Crippen LogP contribution in [0.5, 0.6) is 0 Å². The number of rotatable bonds is 1. The van der Waals surface area contributed by atoms with E-state index in [0.29, 0.717) is 11.4 Å². The first kappa shape index (κ1) is 12.6. The maximum Gasteiger partial charge on any atom is 0.412 e. The fourth-order valence-corrected chi connectivity index (χ4v) is 1.12. The number of carbonyl (C=O) groups excluding carboxylic acids is 1. The zero-order chi connectivity index (χ0) is 12.3. The molecule has 0 aliphatic heterocycles. The molecule has 0 unspecified atom stereocenters. The lowest BCUT2D eigenvalue weighted by atomic mass is 10.2. The van der Waals surface area contributed by atoms with E-state index in [1.165, 1.54) is 12.3 Å². The standard InChI is InChI=1S/C10H14ClN3O2/c1-10(2,3)16-9(15)14-7-4-8(11)13-5-6(7)12/h4-5H,12H2,1-3H3,(H,13,14,15). The molecule has 0 bridgehead atoms. The van der Waals surface area contributed by atoms with Crippen molar-refractivity contribution in [2.24, 2.45) is 0 Å². The number of anilines is 2. The van der Waals surface area contributed by atoms with Crippen LogP contribution in [0.15, 0.2) is 12.3 Å². The number of amides is 1. The highest BCUT2D eigenvalue weighted by Crippen LogP contribution is 2.21. The molecule has 0 saturated carbocycles. The van der Waals surface area contributed by atoms with E-state index in [9.17, 15) is 4.79 Å². The van der Waals surface area contributed by atoms with Crippen molar-refractivity contribution in [3.63, 3.8) is 0 Å². The second-order valence-electron chi connectivity index (χ2n) is 4.22. The highest BCUT2D eigenvalue weighted by atomic mass is 35.5. The number of nitrogens with one attached hydrogen (secondary N) is 1. The predicted octanol–water partition coefficient (Wildman–Crippen LogP) is 2.66. The van der Waals surface area contributed by atoms with Crippen molar-refractivity contribution in [3.05, 3.63) is 17.4 Å². The molecule has 5 nitrogen and oxygen atoms in total. The number of nitrogens with zero attached hydrogens (tertiary/aromatic N) is 1. The SMILES string of the molecule is CC(C)(C)OC(=O)Nc1cc(Cl)ncc1N. The molecule has 0 radical (unpaired) electrons. The molecular formula is C10H14ClN3O2. The number of ether oxygens (including phenoxy) is 1. The van der Waals surface area contributed by atoms with Gasteiger partial charge in [0, 0.05) is 6.07 Å². The molecule has 0 aliphatic carbocycles. The molecule has 0 aliphatic rings. The minimum absolute atomic E-state index is 0.250. The Balaban J connectivity index is 2.73. The Morgan fingerprint density at radius 1 is 1.56 bits per heavy atom. The zero-order valence-electron chi connectivity index (χ0n) is 9.37. The van der Waals surface area contributed by atoms with E-state index >= 15 is 0 Å². The molecule has 0 saturated heterocycles. The quantitative estimate of drug-likeness (QED) is 0.744. The van der Waals surface area contributed by atoms with E-state index in [1.807, 2.05) is 0 Å². The van der Waals surface area contributed by atoms with E-state index in [0.717, 1.165) is 0 Å². The lowest BCUT2D eigenvalue weighted by molar-refractivity contribution is 0.0636. The summed E-state index contributed by atoms with van der Waals surface area (Å²) in [6.07, 6.45) is 0.788. The van der Waals surface area contributed by atoms with Gasteiger partial charge in [-0.15, -0.1) is 0 Å². The van der Waals surface area contributed by atoms with Crippen molar-refractivity contribution in [2.45, 2.75) is 26.4 Å². The Bertz CT molecular complexity index is 402. The van der Waals surface area contributed by atoms with Gasteiger partial charge >= 0.3 is 6.09 Å². The van der Waals surface area contributed by atoms with Crippen molar-refractivity contribution in [1.82, 2.24) is 4.98 Å². The van der Waals surface area contributed by atoms with Crippen molar-refractivity contribution in [2.75, 3.05) is 11.1 Å². The molecule has 88 valence electrons. The van der Waals surface area contributed by atoms with Gasteiger partial charge in [0.15, 0.2) is 0 Å². The van der Waals surface area contributed by atoms with E-state index in [2.05, 4.69) is 10.3 Å². The summed E-state index contributed by atoms with van der Waals surface area (Å²) in [6.45, 7) is 5.32. The summed E-state index contributed by atoms with van der Waals surface area (Å²) in [5, 5.41) is 2.75. The van der Waals surface area contributed by atoms with Crippen molar-refractivity contribution >= 4 is 29.1 Å². The Labute approximate surface area is 98.9 Å². The van der Waals surface area contributed by atoms with Crippen LogP contribution in [0.1, 0.15) is 20.8 Å². The highest BCUT2D eigenvalue weighted by Gasteiger charge is 2.17. The van der Waals surface area contributed by atoms with Crippen LogP contribution in [0.4, 0.5) is 16.2 Å². The average molecular weight is 244 g/mol. The number of hydrogen-bond acceptors (Lipinski definition) is 4. The van der Waals surface area contributed by atoms with Crippen LogP contribution in [-0.4, -0.2) is 16.7 Å². The van der Waals surface area contributed by atoms with Crippen molar-refractivity contribution < 1.29 is 9.53 Å². The Hall–Kier alpha value is -1.49. The monoisotopic (exact) mass is 243 g/mol. The third kappa shape index (κ3) is 3.94. The molecule has 6 heteroatoms. The number of nitrogens with two attached hydrogens (primary N) is 1. The maximum absolute atomic E-state index is 11.4. The Kier molecular flexibility index (Phi) is 3.59. The summed E-state index contributed by atoms with van der Waals surface area (Å²) in [6, 6.07) is 1.46. The second-order valence-corrected chi connectivity index (χ2v) is 4.61. The fourth-order valence-electron chi connectivity index (χ4n) is 0.962. The van der Waals surface area contributed by atoms with Gasteiger partial charge in [0.2, 0.25) is 0 Å². The minimum atomic E-state index is -0.582. The van der Waals surface area contributed by atoms with Crippen molar-refractivity contribution in [3.8, 4) is 0 Å². The summed E-state index contributed by atoms with van der Waals surface area (Å²) >= 11 is 5.67. The van der Waals surface area contributed by atoms with E-state index in [1.54, 1.807) is 20.8 Å². The lowest BCUT2D eigenvalue weighted by Crippen LogP contribution is -2.27. The summed E-state index contributed by atoms with van der Waals surface area (Å²) in [7, 11) is 0. The number of hydrogen-bond donors (Lipinski definition) is 2. The van der Waals surface area contributed by atoms with Gasteiger partial charge in [-0.3, -0.25) is 5.32 Å². The third-order valence-corrected chi connectivity index (χ3v) is 1.74. The molecule has 0 atom stereocenters. The summed E-state index contributed by atoms with van der Waals surface area (Å²) in [5.74, 6) is 0. The normalized spacial score (nSPS) is 11.0. The molecule has 1 aromatic heterocycles. The smallest absolute Gasteiger partial charge is 0.412 e. The van der Waals surface area contributed by atoms with E-state index < -0.39 is 11.7 Å². The molecule has 1 rings (SSSR count). The fraction of sp³-hybridized carbons (Fsp3) is 0.400. The summed E-state index contributed by atoms with van der Waals surface area (Å²) < 4.78 is 5.07. The van der Waals surface area contributed by atoms with Crippen LogP contribution in [0, 0.1) is 0 Å². The molecule has 16 heavy (non-hydrogen) atoms. The second kappa shape index (κ2) is 4.57. The first-order chi connectivity index (χ1) is 7.28. The Morgan fingerprint density at radius 3 is 2.75 bits per heavy atom. The molecular weight excluding hydrogens is 230 g/mol. The number of carbonyl (C=O) groups is 1. The highest BCUT2D eigenvalue weighted by molar-refractivity contribution is 6.29. The van der Waals surface area contributed by atoms with Crippen LogP contribution in [0.3, 0.4) is 0 Å². The first-order valence-corrected chi connectivity index (χ1v) is 5.07. The van der Waals surface area contributed by atoms with Crippen LogP contribution in [0.2, 0.25) is 5.15 Å². The van der Waals surface area contributed by atoms with E-state index in [-0.39, 0.29) is 5.15 Å². The van der Waals surface area contributed by atoms with Gasteiger partial charge < -0.3 is 10.5 Å². The number of nitrogen functional groups attached to an aromatic ring is 1. The van der Waals surface area contributed by atoms with Gasteiger partial charge in [-0.1, -0.05) is 11.6 Å². The van der Waals surface area contributed by atoms with Crippen LogP contribution in [-0.2, 0) is 4.74 Å². The first-order valence-electron chi connectivity index (χ1n) is 4.69. The van der Waals surface area contributed by atoms with Gasteiger partial charge in [-0.05, 0) is 20.8 Å². The molecule has 1 aromatic rings. The van der Waals surface area contributed by atoms with Gasteiger partial charge in [-0.2, -0.15) is 0 Å². The largest absolute Gasteiger partial charge is 0.444 e. The Morgan fingerprint density at radius 2 is 2.19 bits per heavy atom. The van der Waals surface area contributed by atoms with Crippen LogP contribution < -0.4 is 11.1 Å². The molecule has 0 fully saturated rings. The van der Waals surface area contributed by atoms with Gasteiger partial charge in [0.05, 0.1) is 17.6 Å². The molecule has 0 aromatic carbocycles. The molecule has 0 spiro atoms. The zero-order valence-corrected chi connectivity index (χ0v) is 10.1. The minimum Gasteiger partial charge on any atom is -0.444 e. The molecule has 1 amide bonds. The third-order valence-electron chi connectivity index (χ3n) is 1.54. The molecule has 1 heterocycles. The van der Waals surface area contributed by atoms with Gasteiger partial charge in [0.25, 0.3) is 0 Å². The average Bonchev–Trinajstić information content (AvgIpc) is 2.08. The summed E-state index contributed by atoms with van der Waals surface area (Å²) in [5.41, 5.74) is 5.76. The lowest BCUT2D eigenvalue weighted by Gasteiger charge is -2.20. The van der Waals surface area contributed by atoms with Crippen LogP contribution >= 0.6 is 11.6 Å².